The Morgan fingerprint density at radius 3 is 2.38 bits per heavy atom. The van der Waals surface area contributed by atoms with Gasteiger partial charge in [-0.2, -0.15) is 13.2 Å². The molecule has 4 aromatic rings. The maximum absolute atomic E-state index is 13.9. The average Bonchev–Trinajstić information content (AvgIpc) is 3.39. The van der Waals surface area contributed by atoms with E-state index in [1.807, 2.05) is 0 Å². The Morgan fingerprint density at radius 1 is 0.929 bits per heavy atom. The summed E-state index contributed by atoms with van der Waals surface area (Å²) < 4.78 is 42.4. The number of rotatable bonds is 5. The number of aromatic nitrogens is 1. The van der Waals surface area contributed by atoms with Crippen molar-refractivity contribution >= 4 is 68.1 Å². The lowest BCUT2D eigenvalue weighted by Crippen LogP contribution is -2.33. The highest BCUT2D eigenvalue weighted by molar-refractivity contribution is 9.10. The van der Waals surface area contributed by atoms with Crippen LogP contribution in [0.1, 0.15) is 21.9 Å². The number of carbonyl (C=O) groups excluding carboxylic acids is 3. The third-order valence-electron chi connectivity index (χ3n) is 7.05. The number of imide groups is 1. The van der Waals surface area contributed by atoms with Crippen LogP contribution in [-0.2, 0) is 27.1 Å². The van der Waals surface area contributed by atoms with E-state index >= 15 is 0 Å². The maximum Gasteiger partial charge on any atom is 0.416 e. The number of hydrogen-bond donors (Lipinski definition) is 1. The van der Waals surface area contributed by atoms with Gasteiger partial charge in [0.05, 0.1) is 22.2 Å². The van der Waals surface area contributed by atoms with Gasteiger partial charge in [0, 0.05) is 21.0 Å². The number of benzene rings is 3. The summed E-state index contributed by atoms with van der Waals surface area (Å²) >= 11 is 5.32. The zero-order chi connectivity index (χ0) is 29.8. The van der Waals surface area contributed by atoms with Crippen molar-refractivity contribution in [3.05, 3.63) is 109 Å². The number of para-hydroxylation sites is 1. The van der Waals surface area contributed by atoms with Gasteiger partial charge in [0.2, 0.25) is 17.7 Å². The number of fused-ring (bicyclic) bond motifs is 2. The Bertz CT molecular complexity index is 1790. The number of nitrogens with one attached hydrogen (secondary N) is 1. The average molecular weight is 675 g/mol. The lowest BCUT2D eigenvalue weighted by atomic mass is 9.83. The summed E-state index contributed by atoms with van der Waals surface area (Å²) in [6, 6.07) is 19.9. The first-order valence-corrected chi connectivity index (χ1v) is 15.1. The molecule has 1 fully saturated rings. The van der Waals surface area contributed by atoms with Gasteiger partial charge in [-0.1, -0.05) is 75.4 Å². The number of amides is 3. The third kappa shape index (κ3) is 5.09. The number of nitrogens with zero attached hydrogens (tertiary/aromatic N) is 2. The first kappa shape index (κ1) is 28.4. The van der Waals surface area contributed by atoms with Crippen molar-refractivity contribution in [3.63, 3.8) is 0 Å². The van der Waals surface area contributed by atoms with Crippen LogP contribution in [0.3, 0.4) is 0 Å². The molecule has 6 rings (SSSR count). The van der Waals surface area contributed by atoms with Gasteiger partial charge in [0.25, 0.3) is 0 Å². The fourth-order valence-electron chi connectivity index (χ4n) is 5.26. The fourth-order valence-corrected chi connectivity index (χ4v) is 8.45. The van der Waals surface area contributed by atoms with Gasteiger partial charge in [-0.25, -0.2) is 4.90 Å². The Morgan fingerprint density at radius 2 is 1.67 bits per heavy atom. The van der Waals surface area contributed by atoms with Gasteiger partial charge in [0.15, 0.2) is 0 Å². The summed E-state index contributed by atoms with van der Waals surface area (Å²) in [5, 5.41) is 2.10. The van der Waals surface area contributed by atoms with Crippen molar-refractivity contribution in [2.45, 2.75) is 28.9 Å². The minimum atomic E-state index is -4.66. The zero-order valence-corrected chi connectivity index (χ0v) is 24.5. The van der Waals surface area contributed by atoms with E-state index in [9.17, 15) is 32.3 Å². The maximum atomic E-state index is 13.9. The van der Waals surface area contributed by atoms with E-state index in [2.05, 4.69) is 21.2 Å². The van der Waals surface area contributed by atoms with Crippen LogP contribution in [0.2, 0.25) is 0 Å². The number of alkyl halides is 3. The summed E-state index contributed by atoms with van der Waals surface area (Å²) in [5.41, 5.74) is 0.0395. The van der Waals surface area contributed by atoms with Crippen LogP contribution < -0.4 is 15.1 Å². The molecule has 3 unspecified atom stereocenters. The number of hydrogen-bond acceptors (Lipinski definition) is 6. The van der Waals surface area contributed by atoms with Crippen LogP contribution in [0.4, 0.5) is 24.5 Å². The molecule has 0 spiro atoms. The smallest absolute Gasteiger partial charge is 0.325 e. The largest absolute Gasteiger partial charge is 0.416 e. The molecule has 1 aromatic heterocycles. The van der Waals surface area contributed by atoms with Crippen LogP contribution in [0, 0.1) is 5.92 Å². The Labute approximate surface area is 253 Å². The molecule has 2 aliphatic heterocycles. The minimum Gasteiger partial charge on any atom is -0.325 e. The summed E-state index contributed by atoms with van der Waals surface area (Å²) in [6.07, 6.45) is -4.66. The van der Waals surface area contributed by atoms with Gasteiger partial charge in [0.1, 0.15) is 11.8 Å². The normalized spacial score (nSPS) is 19.9. The molecule has 0 bridgehead atoms. The Kier molecular flexibility index (Phi) is 7.36. The molecule has 1 N–H and O–H groups in total. The minimum absolute atomic E-state index is 0.175. The molecule has 1 saturated heterocycles. The van der Waals surface area contributed by atoms with Crippen molar-refractivity contribution in [2.24, 2.45) is 5.92 Å². The quantitative estimate of drug-likeness (QED) is 0.258. The zero-order valence-electron chi connectivity index (χ0n) is 21.3. The second-order valence-electron chi connectivity index (χ2n) is 9.69. The molecule has 13 heteroatoms. The van der Waals surface area contributed by atoms with E-state index in [1.54, 1.807) is 54.6 Å². The van der Waals surface area contributed by atoms with Gasteiger partial charge in [-0.15, -0.1) is 0 Å². The molecule has 0 radical (unpaired) electrons. The van der Waals surface area contributed by atoms with Crippen molar-refractivity contribution in [2.75, 3.05) is 10.2 Å². The molecule has 2 aliphatic rings. The molecule has 3 amide bonds. The van der Waals surface area contributed by atoms with E-state index in [-0.39, 0.29) is 12.2 Å². The van der Waals surface area contributed by atoms with Crippen LogP contribution in [0.15, 0.2) is 93.2 Å². The molecule has 3 aromatic carbocycles. The van der Waals surface area contributed by atoms with Gasteiger partial charge >= 0.3 is 11.0 Å². The van der Waals surface area contributed by atoms with Crippen molar-refractivity contribution < 1.29 is 27.6 Å². The van der Waals surface area contributed by atoms with E-state index in [0.29, 0.717) is 25.6 Å². The van der Waals surface area contributed by atoms with Crippen LogP contribution in [0.25, 0.3) is 0 Å². The first-order valence-electron chi connectivity index (χ1n) is 12.6. The van der Waals surface area contributed by atoms with E-state index < -0.39 is 51.4 Å². The van der Waals surface area contributed by atoms with Crippen molar-refractivity contribution in [3.8, 4) is 0 Å². The molecule has 214 valence electrons. The summed E-state index contributed by atoms with van der Waals surface area (Å²) in [5.74, 6) is -3.51. The third-order valence-corrected chi connectivity index (χ3v) is 10.1. The summed E-state index contributed by atoms with van der Waals surface area (Å²) in [6.45, 7) is -0.325. The number of thioether (sulfide) groups is 1. The molecule has 0 saturated carbocycles. The highest BCUT2D eigenvalue weighted by Gasteiger charge is 2.57. The molecule has 7 nitrogen and oxygen atoms in total. The van der Waals surface area contributed by atoms with Crippen LogP contribution >= 0.6 is 39.0 Å². The standard InChI is InChI=1S/C29H19BrF3N3O4S2/c30-17-8-4-6-15(12-17)21-22-23(26(39)36(25(22)38)19-11-5-7-16(13-19)29(31,32)33)41-27-24(21)42-28(40)35(27)14-20(37)34-18-9-2-1-3-10-18/h1-13,21-23H,14H2,(H,34,37). The molecule has 3 heterocycles. The SMILES string of the molecule is O=C(Cn1c2c(sc1=O)C(c1cccc(Br)c1)C1C(=O)N(c3cccc(C(F)(F)F)c3)C(=O)C1S2)Nc1ccccc1. The van der Waals surface area contributed by atoms with Gasteiger partial charge in [-0.05, 0) is 48.0 Å². The molecule has 42 heavy (non-hydrogen) atoms. The lowest BCUT2D eigenvalue weighted by Gasteiger charge is -2.30. The summed E-state index contributed by atoms with van der Waals surface area (Å²) in [7, 11) is 0. The molecule has 3 atom stereocenters. The Hall–Kier alpha value is -3.68. The second kappa shape index (κ2) is 10.9. The highest BCUT2D eigenvalue weighted by Crippen LogP contribution is 2.54. The van der Waals surface area contributed by atoms with Crippen molar-refractivity contribution in [1.29, 1.82) is 0 Å². The lowest BCUT2D eigenvalue weighted by molar-refractivity contribution is -0.137. The highest BCUT2D eigenvalue weighted by atomic mass is 79.9. The topological polar surface area (TPSA) is 88.5 Å². The fraction of sp³-hybridized carbons (Fsp3) is 0.172. The van der Waals surface area contributed by atoms with E-state index in [4.69, 9.17) is 0 Å². The number of carbonyl (C=O) groups is 3. The first-order chi connectivity index (χ1) is 20.0. The number of thiazole rings is 1. The summed E-state index contributed by atoms with van der Waals surface area (Å²) in [4.78, 5) is 54.7. The number of anilines is 2. The Balaban J connectivity index is 1.42. The van der Waals surface area contributed by atoms with E-state index in [1.165, 1.54) is 10.6 Å². The number of halogens is 4. The van der Waals surface area contributed by atoms with Gasteiger partial charge < -0.3 is 5.32 Å². The predicted molar refractivity (Wildman–Crippen MR) is 157 cm³/mol. The molecule has 0 aliphatic carbocycles. The van der Waals surface area contributed by atoms with Crippen molar-refractivity contribution in [1.82, 2.24) is 4.57 Å². The molecular weight excluding hydrogens is 655 g/mol. The monoisotopic (exact) mass is 673 g/mol. The molecular formula is C29H19BrF3N3O4S2. The van der Waals surface area contributed by atoms with Crippen LogP contribution in [0.5, 0.6) is 0 Å². The van der Waals surface area contributed by atoms with E-state index in [0.717, 1.165) is 46.2 Å². The second-order valence-corrected chi connectivity index (χ2v) is 12.7. The predicted octanol–water partition coefficient (Wildman–Crippen LogP) is 6.13. The van der Waals surface area contributed by atoms with Gasteiger partial charge in [-0.3, -0.25) is 23.7 Å². The van der Waals surface area contributed by atoms with Crippen LogP contribution in [-0.4, -0.2) is 27.5 Å².